The lowest BCUT2D eigenvalue weighted by molar-refractivity contribution is -0.118. The summed E-state index contributed by atoms with van der Waals surface area (Å²) >= 11 is 0. The molecule has 1 aliphatic rings. The Morgan fingerprint density at radius 3 is 2.31 bits per heavy atom. The predicted octanol–water partition coefficient (Wildman–Crippen LogP) is 4.32. The fourth-order valence-electron chi connectivity index (χ4n) is 3.87. The van der Waals surface area contributed by atoms with E-state index in [0.29, 0.717) is 22.7 Å². The zero-order chi connectivity index (χ0) is 24.2. The first-order valence-corrected chi connectivity index (χ1v) is 11.0. The Bertz CT molecular complexity index is 1450. The van der Waals surface area contributed by atoms with Crippen molar-refractivity contribution >= 4 is 45.9 Å². The molecule has 1 aliphatic heterocycles. The molecule has 35 heavy (non-hydrogen) atoms. The summed E-state index contributed by atoms with van der Waals surface area (Å²) in [5.74, 6) is -0.924. The van der Waals surface area contributed by atoms with E-state index >= 15 is 0 Å². The molecule has 3 amide bonds. The van der Waals surface area contributed by atoms with Crippen molar-refractivity contribution < 1.29 is 19.1 Å². The van der Waals surface area contributed by atoms with Crippen molar-refractivity contribution in [3.63, 3.8) is 0 Å². The highest BCUT2D eigenvalue weighted by atomic mass is 16.5. The number of amides is 3. The number of nitrogens with one attached hydrogen (secondary N) is 2. The summed E-state index contributed by atoms with van der Waals surface area (Å²) in [6, 6.07) is 29.1. The maximum atomic E-state index is 13.1. The summed E-state index contributed by atoms with van der Waals surface area (Å²) in [5.41, 5.74) is 4.35. The molecule has 0 bridgehead atoms. The van der Waals surface area contributed by atoms with Crippen LogP contribution in [0.3, 0.4) is 0 Å². The summed E-state index contributed by atoms with van der Waals surface area (Å²) in [6.07, 6.45) is 1.52. The molecule has 2 N–H and O–H groups in total. The van der Waals surface area contributed by atoms with Crippen LogP contribution in [0.2, 0.25) is 0 Å². The quantitative estimate of drug-likeness (QED) is 0.329. The number of rotatable bonds is 6. The Balaban J connectivity index is 1.46. The zero-order valence-electron chi connectivity index (χ0n) is 18.6. The third kappa shape index (κ3) is 4.60. The van der Waals surface area contributed by atoms with Crippen molar-refractivity contribution in [2.45, 2.75) is 0 Å². The number of fused-ring (bicyclic) bond motifs is 1. The largest absolute Gasteiger partial charge is 0.483 e. The van der Waals surface area contributed by atoms with Crippen LogP contribution in [0.15, 0.2) is 103 Å². The van der Waals surface area contributed by atoms with Crippen LogP contribution in [0.4, 0.5) is 11.4 Å². The summed E-state index contributed by atoms with van der Waals surface area (Å²) < 4.78 is 5.86. The summed E-state index contributed by atoms with van der Waals surface area (Å²) in [4.78, 5) is 38.3. The lowest BCUT2D eigenvalue weighted by atomic mass is 10.0. The van der Waals surface area contributed by atoms with Crippen LogP contribution in [0.5, 0.6) is 5.75 Å². The summed E-state index contributed by atoms with van der Waals surface area (Å²) in [7, 11) is 0. The standard InChI is InChI=1S/C28H21N3O4/c32-26(29-20-10-3-1-4-11-20)18-35-25-16-15-19-9-7-8-14-22(19)23(25)17-24-27(33)30-31(28(24)34)21-12-5-2-6-13-21/h1-17H,18H2,(H,29,32)(H,30,33). The van der Waals surface area contributed by atoms with Gasteiger partial charge in [0.05, 0.1) is 5.69 Å². The van der Waals surface area contributed by atoms with Crippen molar-refractivity contribution in [1.29, 1.82) is 0 Å². The molecule has 4 aromatic rings. The van der Waals surface area contributed by atoms with Crippen LogP contribution in [0.25, 0.3) is 16.8 Å². The predicted molar refractivity (Wildman–Crippen MR) is 135 cm³/mol. The first-order valence-electron chi connectivity index (χ1n) is 11.0. The van der Waals surface area contributed by atoms with Gasteiger partial charge in [0.1, 0.15) is 11.3 Å². The molecule has 5 rings (SSSR count). The molecule has 7 nitrogen and oxygen atoms in total. The monoisotopic (exact) mass is 463 g/mol. The molecule has 4 aromatic carbocycles. The van der Waals surface area contributed by atoms with E-state index in [0.717, 1.165) is 10.8 Å². The van der Waals surface area contributed by atoms with E-state index in [1.807, 2.05) is 54.6 Å². The molecule has 1 saturated heterocycles. The molecule has 1 heterocycles. The molecule has 0 saturated carbocycles. The Morgan fingerprint density at radius 2 is 1.54 bits per heavy atom. The van der Waals surface area contributed by atoms with E-state index in [4.69, 9.17) is 4.74 Å². The minimum Gasteiger partial charge on any atom is -0.483 e. The molecular formula is C28H21N3O4. The van der Waals surface area contributed by atoms with Crippen LogP contribution in [0, 0.1) is 0 Å². The Morgan fingerprint density at radius 1 is 0.857 bits per heavy atom. The van der Waals surface area contributed by atoms with E-state index in [2.05, 4.69) is 10.7 Å². The van der Waals surface area contributed by atoms with Crippen molar-refractivity contribution in [3.8, 4) is 5.75 Å². The van der Waals surface area contributed by atoms with Crippen LogP contribution in [-0.4, -0.2) is 24.3 Å². The molecule has 1 fully saturated rings. The molecule has 0 radical (unpaired) electrons. The first-order chi connectivity index (χ1) is 17.1. The maximum Gasteiger partial charge on any atom is 0.282 e. The SMILES string of the molecule is O=C(COc1ccc2ccccc2c1C=C1C(=O)NN(c2ccccc2)C1=O)Nc1ccccc1. The normalized spacial score (nSPS) is 14.3. The molecule has 172 valence electrons. The van der Waals surface area contributed by atoms with E-state index in [1.54, 1.807) is 42.5 Å². The van der Waals surface area contributed by atoms with Crippen molar-refractivity contribution in [2.24, 2.45) is 0 Å². The average Bonchev–Trinajstić information content (AvgIpc) is 3.17. The van der Waals surface area contributed by atoms with Gasteiger partial charge in [0.25, 0.3) is 17.7 Å². The zero-order valence-corrected chi connectivity index (χ0v) is 18.6. The van der Waals surface area contributed by atoms with Crippen LogP contribution >= 0.6 is 0 Å². The van der Waals surface area contributed by atoms with Gasteiger partial charge in [-0.2, -0.15) is 0 Å². The average molecular weight is 463 g/mol. The van der Waals surface area contributed by atoms with E-state index in [-0.39, 0.29) is 18.1 Å². The number of para-hydroxylation sites is 2. The fraction of sp³-hybridized carbons (Fsp3) is 0.0357. The second-order valence-electron chi connectivity index (χ2n) is 7.88. The topological polar surface area (TPSA) is 87.7 Å². The second-order valence-corrected chi connectivity index (χ2v) is 7.88. The minimum absolute atomic E-state index is 0.0243. The van der Waals surface area contributed by atoms with Gasteiger partial charge in [-0.3, -0.25) is 19.8 Å². The van der Waals surface area contributed by atoms with Gasteiger partial charge in [0.2, 0.25) is 0 Å². The highest BCUT2D eigenvalue weighted by Crippen LogP contribution is 2.32. The highest BCUT2D eigenvalue weighted by molar-refractivity contribution is 6.32. The van der Waals surface area contributed by atoms with Gasteiger partial charge in [-0.15, -0.1) is 0 Å². The van der Waals surface area contributed by atoms with Gasteiger partial charge in [0, 0.05) is 11.3 Å². The maximum absolute atomic E-state index is 13.1. The van der Waals surface area contributed by atoms with E-state index in [9.17, 15) is 14.4 Å². The van der Waals surface area contributed by atoms with Crippen LogP contribution < -0.4 is 20.5 Å². The number of ether oxygens (including phenoxy) is 1. The van der Waals surface area contributed by atoms with Crippen LogP contribution in [0.1, 0.15) is 5.56 Å². The molecule has 0 unspecified atom stereocenters. The van der Waals surface area contributed by atoms with Crippen molar-refractivity contribution in [2.75, 3.05) is 16.9 Å². The minimum atomic E-state index is -0.514. The number of anilines is 2. The second kappa shape index (κ2) is 9.52. The van der Waals surface area contributed by atoms with Gasteiger partial charge in [-0.25, -0.2) is 5.01 Å². The lowest BCUT2D eigenvalue weighted by Crippen LogP contribution is -2.35. The Hall–Kier alpha value is -4.91. The number of hydrogen-bond acceptors (Lipinski definition) is 4. The molecule has 0 spiro atoms. The Kier molecular flexibility index (Phi) is 5.96. The number of carbonyl (C=O) groups excluding carboxylic acids is 3. The Labute approximate surface area is 201 Å². The number of nitrogens with zero attached hydrogens (tertiary/aromatic N) is 1. The summed E-state index contributed by atoms with van der Waals surface area (Å²) in [6.45, 7) is -0.236. The molecule has 0 aromatic heterocycles. The number of hydrogen-bond donors (Lipinski definition) is 2. The highest BCUT2D eigenvalue weighted by Gasteiger charge is 2.34. The van der Waals surface area contributed by atoms with Gasteiger partial charge in [-0.1, -0.05) is 66.7 Å². The molecule has 0 atom stereocenters. The number of carbonyl (C=O) groups is 3. The summed E-state index contributed by atoms with van der Waals surface area (Å²) in [5, 5.41) is 5.69. The fourth-order valence-corrected chi connectivity index (χ4v) is 3.87. The lowest BCUT2D eigenvalue weighted by Gasteiger charge is -2.14. The first kappa shape index (κ1) is 21.9. The van der Waals surface area contributed by atoms with Crippen LogP contribution in [-0.2, 0) is 14.4 Å². The third-order valence-electron chi connectivity index (χ3n) is 5.54. The third-order valence-corrected chi connectivity index (χ3v) is 5.54. The van der Waals surface area contributed by atoms with Gasteiger partial charge in [-0.05, 0) is 47.2 Å². The van der Waals surface area contributed by atoms with E-state index in [1.165, 1.54) is 11.1 Å². The number of benzene rings is 4. The van der Waals surface area contributed by atoms with Crippen molar-refractivity contribution in [3.05, 3.63) is 108 Å². The molecular weight excluding hydrogens is 442 g/mol. The smallest absolute Gasteiger partial charge is 0.282 e. The van der Waals surface area contributed by atoms with Gasteiger partial charge in [0.15, 0.2) is 6.61 Å². The van der Waals surface area contributed by atoms with Gasteiger partial charge < -0.3 is 10.1 Å². The number of hydrazine groups is 1. The molecule has 0 aliphatic carbocycles. The van der Waals surface area contributed by atoms with E-state index < -0.39 is 11.8 Å². The van der Waals surface area contributed by atoms with Gasteiger partial charge >= 0.3 is 0 Å². The molecule has 7 heteroatoms. The van der Waals surface area contributed by atoms with Crippen molar-refractivity contribution in [1.82, 2.24) is 5.43 Å².